The molecule has 2 unspecified atom stereocenters. The van der Waals surface area contributed by atoms with Gasteiger partial charge in [0.05, 0.1) is 5.69 Å². The number of halogens is 1. The van der Waals surface area contributed by atoms with Crippen LogP contribution in [0.3, 0.4) is 0 Å². The van der Waals surface area contributed by atoms with Crippen LogP contribution in [0, 0.1) is 29.0 Å². The Labute approximate surface area is 293 Å². The first-order valence-electron chi connectivity index (χ1n) is 18.7. The summed E-state index contributed by atoms with van der Waals surface area (Å²) in [5.41, 5.74) is 2.56. The van der Waals surface area contributed by atoms with E-state index >= 15 is 0 Å². The maximum Gasteiger partial charge on any atom is 0.282 e. The molecule has 9 rings (SSSR count). The Kier molecular flexibility index (Phi) is 8.02. The molecule has 0 radical (unpaired) electrons. The number of ether oxygens (including phenoxy) is 1. The fourth-order valence-corrected chi connectivity index (χ4v) is 10.2. The summed E-state index contributed by atoms with van der Waals surface area (Å²) in [5, 5.41) is 8.45. The van der Waals surface area contributed by atoms with Crippen LogP contribution in [-0.2, 0) is 4.79 Å². The smallest absolute Gasteiger partial charge is 0.282 e. The first-order chi connectivity index (χ1) is 24.2. The third kappa shape index (κ3) is 5.72. The number of carbonyl (C=O) groups is 1. The molecule has 2 aliphatic carbocycles. The van der Waals surface area contributed by atoms with E-state index in [0.717, 1.165) is 88.7 Å². The predicted molar refractivity (Wildman–Crippen MR) is 186 cm³/mol. The average Bonchev–Trinajstić information content (AvgIpc) is 3.48. The van der Waals surface area contributed by atoms with Crippen molar-refractivity contribution in [3.8, 4) is 22.8 Å². The summed E-state index contributed by atoms with van der Waals surface area (Å²) < 4.78 is 21.0. The van der Waals surface area contributed by atoms with Gasteiger partial charge in [-0.3, -0.25) is 14.6 Å². The monoisotopic (exact) mass is 681 g/mol. The van der Waals surface area contributed by atoms with Crippen molar-refractivity contribution in [2.45, 2.75) is 83.3 Å². The van der Waals surface area contributed by atoms with E-state index in [1.165, 1.54) is 31.3 Å². The number of amides is 1. The maximum absolute atomic E-state index is 14.6. The van der Waals surface area contributed by atoms with Crippen molar-refractivity contribution in [1.82, 2.24) is 39.8 Å². The molecule has 4 saturated heterocycles. The van der Waals surface area contributed by atoms with Gasteiger partial charge in [-0.05, 0) is 74.5 Å². The number of anilines is 1. The number of likely N-dealkylation sites (tertiary alicyclic amines) is 3. The van der Waals surface area contributed by atoms with Crippen molar-refractivity contribution >= 4 is 11.7 Å². The zero-order valence-electron chi connectivity index (χ0n) is 29.4. The van der Waals surface area contributed by atoms with Crippen molar-refractivity contribution < 1.29 is 13.9 Å². The Morgan fingerprint density at radius 1 is 1.02 bits per heavy atom. The number of rotatable bonds is 9. The third-order valence-corrected chi connectivity index (χ3v) is 12.8. The van der Waals surface area contributed by atoms with Crippen molar-refractivity contribution in [3.05, 3.63) is 48.6 Å². The molecule has 1 aromatic carbocycles. The highest BCUT2D eigenvalue weighted by atomic mass is 19.1. The maximum atomic E-state index is 14.6. The summed E-state index contributed by atoms with van der Waals surface area (Å²) in [7, 11) is 0. The minimum Gasteiger partial charge on any atom is -0.434 e. The lowest BCUT2D eigenvalue weighted by atomic mass is 9.68. The molecular weight excluding hydrogens is 633 g/mol. The second kappa shape index (κ2) is 12.5. The van der Waals surface area contributed by atoms with Gasteiger partial charge in [-0.1, -0.05) is 13.8 Å². The van der Waals surface area contributed by atoms with Crippen molar-refractivity contribution in [2.75, 3.05) is 50.7 Å². The highest BCUT2D eigenvalue weighted by Crippen LogP contribution is 2.49. The van der Waals surface area contributed by atoms with Gasteiger partial charge in [0.15, 0.2) is 5.82 Å². The summed E-state index contributed by atoms with van der Waals surface area (Å²) in [6.07, 6.45) is 11.7. The van der Waals surface area contributed by atoms with E-state index in [9.17, 15) is 9.18 Å². The molecular formula is C38H48FN9O2. The number of nitrogens with zero attached hydrogens (tertiary/aromatic N) is 9. The van der Waals surface area contributed by atoms with Gasteiger partial charge < -0.3 is 14.5 Å². The van der Waals surface area contributed by atoms with E-state index in [-0.39, 0.29) is 17.1 Å². The zero-order valence-corrected chi connectivity index (χ0v) is 29.4. The highest BCUT2D eigenvalue weighted by Gasteiger charge is 2.54. The third-order valence-electron chi connectivity index (χ3n) is 12.8. The van der Waals surface area contributed by atoms with Crippen LogP contribution in [0.2, 0.25) is 0 Å². The fourth-order valence-electron chi connectivity index (χ4n) is 10.2. The van der Waals surface area contributed by atoms with Crippen LogP contribution >= 0.6 is 0 Å². The van der Waals surface area contributed by atoms with E-state index in [4.69, 9.17) is 4.74 Å². The van der Waals surface area contributed by atoms with Crippen LogP contribution < -0.4 is 9.64 Å². The number of benzene rings is 1. The number of carbonyl (C=O) groups excluding carboxylic acids is 1. The summed E-state index contributed by atoms with van der Waals surface area (Å²) in [6.45, 7) is 13.7. The van der Waals surface area contributed by atoms with Gasteiger partial charge in [-0.2, -0.15) is 0 Å². The van der Waals surface area contributed by atoms with Crippen molar-refractivity contribution in [3.63, 3.8) is 0 Å². The molecule has 4 aliphatic heterocycles. The normalized spacial score (nSPS) is 28.2. The van der Waals surface area contributed by atoms with Crippen molar-refractivity contribution in [1.29, 1.82) is 0 Å². The Bertz CT molecular complexity index is 1760. The zero-order chi connectivity index (χ0) is 34.1. The molecule has 3 aromatic rings. The van der Waals surface area contributed by atoms with Gasteiger partial charge in [0.2, 0.25) is 5.91 Å². The second-order valence-electron chi connectivity index (χ2n) is 16.4. The van der Waals surface area contributed by atoms with Crippen molar-refractivity contribution in [2.24, 2.45) is 23.2 Å². The number of aromatic nitrogens is 5. The largest absolute Gasteiger partial charge is 0.434 e. The van der Waals surface area contributed by atoms with E-state index in [1.54, 1.807) is 25.5 Å². The second-order valence-corrected chi connectivity index (χ2v) is 16.4. The minimum absolute atomic E-state index is 0.225. The fraction of sp³-hybridized carbons (Fsp3) is 0.632. The molecule has 50 heavy (non-hydrogen) atoms. The first-order valence-corrected chi connectivity index (χ1v) is 18.7. The average molecular weight is 682 g/mol. The van der Waals surface area contributed by atoms with Crippen LogP contribution in [0.1, 0.15) is 70.9 Å². The molecule has 3 atom stereocenters. The lowest BCUT2D eigenvalue weighted by Gasteiger charge is -2.57. The first kappa shape index (κ1) is 32.2. The van der Waals surface area contributed by atoms with Gasteiger partial charge in [-0.25, -0.2) is 19.3 Å². The topological polar surface area (TPSA) is 104 Å². The lowest BCUT2D eigenvalue weighted by Crippen LogP contribution is -2.65. The lowest BCUT2D eigenvalue weighted by molar-refractivity contribution is -0.129. The Hall–Kier alpha value is -3.77. The molecule has 0 bridgehead atoms. The molecule has 1 amide bonds. The molecule has 6 aliphatic rings. The summed E-state index contributed by atoms with van der Waals surface area (Å²) >= 11 is 0. The Morgan fingerprint density at radius 3 is 2.64 bits per heavy atom. The summed E-state index contributed by atoms with van der Waals surface area (Å²) in [6, 6.07) is 6.24. The van der Waals surface area contributed by atoms with Gasteiger partial charge >= 0.3 is 0 Å². The van der Waals surface area contributed by atoms with E-state index in [0.29, 0.717) is 58.9 Å². The van der Waals surface area contributed by atoms with Crippen LogP contribution in [0.15, 0.2) is 37.1 Å². The molecule has 2 aromatic heterocycles. The van der Waals surface area contributed by atoms with Crippen LogP contribution in [-0.4, -0.2) is 110 Å². The van der Waals surface area contributed by atoms with Crippen LogP contribution in [0.5, 0.6) is 11.6 Å². The Morgan fingerprint density at radius 2 is 1.86 bits per heavy atom. The number of fused-ring (bicyclic) bond motifs is 1. The van der Waals surface area contributed by atoms with Gasteiger partial charge in [0.1, 0.15) is 24.2 Å². The molecule has 264 valence electrons. The number of hydrogen-bond acceptors (Lipinski definition) is 10. The van der Waals surface area contributed by atoms with Crippen LogP contribution in [0.25, 0.3) is 11.1 Å². The predicted octanol–water partition coefficient (Wildman–Crippen LogP) is 5.01. The van der Waals surface area contributed by atoms with Gasteiger partial charge in [0.25, 0.3) is 5.88 Å². The van der Waals surface area contributed by atoms with E-state index < -0.39 is 0 Å². The standard InChI is InChI=1S/C38H48FN9O2/c1-23(2)35(27-12-29(13-27)46-16-26-8-10-48(24(3)49)32(26)17-46)47-19-38(20-47)9-11-45(18-38)36-37(44-43-22-42-36)50-33-7-6-28(39)14-30(33)31-15-40-21-41-34(31)25-4-5-25/h6-7,14-15,21-23,25-27,29,32,35H,4-5,8-13,16-20H2,1-3H3/t26?,27?,29?,32?,35-/m1/s1. The molecule has 12 heteroatoms. The van der Waals surface area contributed by atoms with Crippen LogP contribution in [0.4, 0.5) is 10.2 Å². The Balaban J connectivity index is 0.851. The molecule has 6 heterocycles. The molecule has 11 nitrogen and oxygen atoms in total. The highest BCUT2D eigenvalue weighted by molar-refractivity contribution is 5.74. The minimum atomic E-state index is -0.344. The summed E-state index contributed by atoms with van der Waals surface area (Å²) in [4.78, 5) is 35.5. The summed E-state index contributed by atoms with van der Waals surface area (Å²) in [5.74, 6) is 3.75. The molecule has 0 N–H and O–H groups in total. The molecule has 2 saturated carbocycles. The molecule has 6 fully saturated rings. The van der Waals surface area contributed by atoms with Gasteiger partial charge in [0, 0.05) is 99.5 Å². The van der Waals surface area contributed by atoms with E-state index in [1.807, 2.05) is 0 Å². The van der Waals surface area contributed by atoms with Gasteiger partial charge in [-0.15, -0.1) is 10.2 Å². The quantitative estimate of drug-likeness (QED) is 0.307. The molecule has 1 spiro atoms. The number of hydrogen-bond donors (Lipinski definition) is 0. The SMILES string of the molecule is CC(=O)N1CCC2CN(C3CC([C@@H](C(C)C)N4CC5(CCN(c6ncnnc6Oc6ccc(F)cc6-c6cncnc6C6CC6)C5)C4)C3)CC21. The van der Waals surface area contributed by atoms with E-state index in [2.05, 4.69) is 58.6 Å².